The van der Waals surface area contributed by atoms with Gasteiger partial charge in [-0.1, -0.05) is 30.3 Å². The van der Waals surface area contributed by atoms with Crippen LogP contribution in [0.25, 0.3) is 0 Å². The van der Waals surface area contributed by atoms with Crippen LogP contribution in [0.3, 0.4) is 0 Å². The van der Waals surface area contributed by atoms with Crippen LogP contribution in [0, 0.1) is 6.92 Å². The van der Waals surface area contributed by atoms with Gasteiger partial charge in [0.2, 0.25) is 5.91 Å². The third kappa shape index (κ3) is 6.82. The molecule has 3 N–H and O–H groups in total. The van der Waals surface area contributed by atoms with Crippen LogP contribution in [0.4, 0.5) is 18.9 Å². The fraction of sp³-hybridized carbons (Fsp3) is 0.273. The van der Waals surface area contributed by atoms with Gasteiger partial charge in [-0.15, -0.1) is 6.58 Å². The molecule has 1 saturated carbocycles. The van der Waals surface area contributed by atoms with E-state index in [1.54, 1.807) is 36.4 Å². The van der Waals surface area contributed by atoms with Crippen molar-refractivity contribution in [1.29, 1.82) is 0 Å². The fourth-order valence-electron chi connectivity index (χ4n) is 2.96. The number of aryl methyl sites for hydroxylation is 1. The number of hydrogen-bond donors (Lipinski definition) is 3. The van der Waals surface area contributed by atoms with Crippen molar-refractivity contribution in [2.45, 2.75) is 36.3 Å². The maximum Gasteiger partial charge on any atom is 0.490 e. The number of alkyl halides is 3. The Morgan fingerprint density at radius 1 is 1.15 bits per heavy atom. The van der Waals surface area contributed by atoms with Crippen LogP contribution in [0.1, 0.15) is 24.0 Å². The number of benzene rings is 2. The summed E-state index contributed by atoms with van der Waals surface area (Å²) in [5.74, 6) is -2.77. The first-order chi connectivity index (χ1) is 15.3. The SMILES string of the molecule is C=CCNC(=O)C1(c2ccc(NS(=O)(=O)c3cccc(C)c3)cc2)CC1.O=C(O)C(F)(F)F. The molecule has 11 heteroatoms. The van der Waals surface area contributed by atoms with Crippen molar-refractivity contribution in [2.24, 2.45) is 0 Å². The summed E-state index contributed by atoms with van der Waals surface area (Å²) in [7, 11) is -3.64. The fourth-order valence-corrected chi connectivity index (χ4v) is 4.12. The number of carboxylic acids is 1. The van der Waals surface area contributed by atoms with Crippen molar-refractivity contribution in [3.8, 4) is 0 Å². The van der Waals surface area contributed by atoms with Gasteiger partial charge in [0.25, 0.3) is 10.0 Å². The number of aliphatic carboxylic acids is 1. The van der Waals surface area contributed by atoms with Crippen molar-refractivity contribution in [3.05, 3.63) is 72.3 Å². The molecule has 1 aliphatic carbocycles. The molecule has 178 valence electrons. The molecule has 0 saturated heterocycles. The second-order valence-corrected chi connectivity index (χ2v) is 9.07. The number of sulfonamides is 1. The summed E-state index contributed by atoms with van der Waals surface area (Å²) in [6.07, 6.45) is -1.84. The van der Waals surface area contributed by atoms with Gasteiger partial charge in [0.05, 0.1) is 10.3 Å². The lowest BCUT2D eigenvalue weighted by Gasteiger charge is -2.16. The van der Waals surface area contributed by atoms with E-state index in [0.717, 1.165) is 24.0 Å². The zero-order chi connectivity index (χ0) is 24.9. The molecule has 0 atom stereocenters. The first kappa shape index (κ1) is 25.9. The lowest BCUT2D eigenvalue weighted by molar-refractivity contribution is -0.192. The van der Waals surface area contributed by atoms with Crippen molar-refractivity contribution < 1.29 is 36.3 Å². The Hall–Kier alpha value is -3.34. The zero-order valence-electron chi connectivity index (χ0n) is 17.6. The predicted octanol–water partition coefficient (Wildman–Crippen LogP) is 3.76. The normalized spacial score (nSPS) is 14.3. The highest BCUT2D eigenvalue weighted by molar-refractivity contribution is 7.92. The Balaban J connectivity index is 0.000000479. The number of amides is 1. The van der Waals surface area contributed by atoms with E-state index < -0.39 is 27.6 Å². The van der Waals surface area contributed by atoms with Crippen LogP contribution in [0.2, 0.25) is 0 Å². The predicted molar refractivity (Wildman–Crippen MR) is 116 cm³/mol. The molecule has 2 aromatic rings. The molecule has 1 fully saturated rings. The molecule has 0 radical (unpaired) electrons. The van der Waals surface area contributed by atoms with Gasteiger partial charge in [0, 0.05) is 12.2 Å². The zero-order valence-corrected chi connectivity index (χ0v) is 18.5. The van der Waals surface area contributed by atoms with Gasteiger partial charge < -0.3 is 10.4 Å². The minimum atomic E-state index is -5.08. The molecule has 3 rings (SSSR count). The molecule has 33 heavy (non-hydrogen) atoms. The van der Waals surface area contributed by atoms with Gasteiger partial charge in [-0.2, -0.15) is 13.2 Å². The maximum absolute atomic E-state index is 12.5. The van der Waals surface area contributed by atoms with Crippen LogP contribution < -0.4 is 10.0 Å². The third-order valence-corrected chi connectivity index (χ3v) is 6.20. The monoisotopic (exact) mass is 484 g/mol. The van der Waals surface area contributed by atoms with Gasteiger partial charge in [0.1, 0.15) is 0 Å². The quantitative estimate of drug-likeness (QED) is 0.518. The van der Waals surface area contributed by atoms with Gasteiger partial charge in [-0.25, -0.2) is 13.2 Å². The summed E-state index contributed by atoms with van der Waals surface area (Å²) in [4.78, 5) is 21.5. The summed E-state index contributed by atoms with van der Waals surface area (Å²) in [5.41, 5.74) is 1.76. The van der Waals surface area contributed by atoms with Gasteiger partial charge in [-0.05, 0) is 55.2 Å². The molecule has 0 aliphatic heterocycles. The van der Waals surface area contributed by atoms with Crippen LogP contribution >= 0.6 is 0 Å². The summed E-state index contributed by atoms with van der Waals surface area (Å²) in [6.45, 7) is 5.89. The minimum absolute atomic E-state index is 0.00880. The molecule has 7 nitrogen and oxygen atoms in total. The lowest BCUT2D eigenvalue weighted by Crippen LogP contribution is -2.34. The third-order valence-electron chi connectivity index (χ3n) is 4.82. The summed E-state index contributed by atoms with van der Waals surface area (Å²) in [5, 5.41) is 9.97. The smallest absolute Gasteiger partial charge is 0.475 e. The molecule has 0 aromatic heterocycles. The average Bonchev–Trinajstić information content (AvgIpc) is 3.54. The van der Waals surface area contributed by atoms with Crippen molar-refractivity contribution >= 4 is 27.6 Å². The second-order valence-electron chi connectivity index (χ2n) is 7.38. The molecule has 0 spiro atoms. The van der Waals surface area contributed by atoms with Crippen LogP contribution in [-0.2, 0) is 25.0 Å². The number of anilines is 1. The highest BCUT2D eigenvalue weighted by Gasteiger charge is 2.50. The molecule has 0 unspecified atom stereocenters. The van der Waals surface area contributed by atoms with E-state index in [0.29, 0.717) is 12.2 Å². The van der Waals surface area contributed by atoms with Gasteiger partial charge >= 0.3 is 12.1 Å². The lowest BCUT2D eigenvalue weighted by atomic mass is 9.95. The number of carbonyl (C=O) groups excluding carboxylic acids is 1. The maximum atomic E-state index is 12.5. The first-order valence-electron chi connectivity index (χ1n) is 9.71. The van der Waals surface area contributed by atoms with Crippen molar-refractivity contribution in [3.63, 3.8) is 0 Å². The Bertz CT molecular complexity index is 1130. The number of carbonyl (C=O) groups is 2. The van der Waals surface area contributed by atoms with Gasteiger partial charge in [-0.3, -0.25) is 9.52 Å². The summed E-state index contributed by atoms with van der Waals surface area (Å²) in [6, 6.07) is 13.8. The molecule has 0 bridgehead atoms. The highest BCUT2D eigenvalue weighted by atomic mass is 32.2. The Morgan fingerprint density at radius 2 is 1.73 bits per heavy atom. The minimum Gasteiger partial charge on any atom is -0.475 e. The topological polar surface area (TPSA) is 113 Å². The van der Waals surface area contributed by atoms with Crippen molar-refractivity contribution in [1.82, 2.24) is 5.32 Å². The van der Waals surface area contributed by atoms with E-state index in [1.165, 1.54) is 0 Å². The van der Waals surface area contributed by atoms with E-state index in [9.17, 15) is 26.4 Å². The highest BCUT2D eigenvalue weighted by Crippen LogP contribution is 2.48. The number of nitrogens with one attached hydrogen (secondary N) is 2. The average molecular weight is 484 g/mol. The Labute approximate surface area is 189 Å². The molecular formula is C22H23F3N2O5S. The van der Waals surface area contributed by atoms with Gasteiger partial charge in [0.15, 0.2) is 0 Å². The number of rotatable bonds is 7. The van der Waals surface area contributed by atoms with Crippen LogP contribution in [0.5, 0.6) is 0 Å². The van der Waals surface area contributed by atoms with E-state index >= 15 is 0 Å². The molecule has 1 amide bonds. The Morgan fingerprint density at radius 3 is 2.18 bits per heavy atom. The molecular weight excluding hydrogens is 461 g/mol. The van der Waals surface area contributed by atoms with E-state index in [1.807, 2.05) is 25.1 Å². The Kier molecular flexibility index (Phi) is 7.91. The standard InChI is InChI=1S/C20H22N2O3S.C2HF3O2/c1-3-13-21-19(23)20(11-12-20)16-7-9-17(10-8-16)22-26(24,25)18-6-4-5-15(2)14-18;3-2(4,5)1(6)7/h3-10,14,22H,1,11-13H2,2H3,(H,21,23);(H,6,7). The summed E-state index contributed by atoms with van der Waals surface area (Å²) >= 11 is 0. The second kappa shape index (κ2) is 10.1. The van der Waals surface area contributed by atoms with Crippen LogP contribution in [0.15, 0.2) is 66.1 Å². The van der Waals surface area contributed by atoms with E-state index in [2.05, 4.69) is 16.6 Å². The van der Waals surface area contributed by atoms with Crippen LogP contribution in [-0.4, -0.2) is 38.1 Å². The molecule has 2 aromatic carbocycles. The number of halogens is 3. The largest absolute Gasteiger partial charge is 0.490 e. The first-order valence-corrected chi connectivity index (χ1v) is 11.2. The number of carboxylic acid groups (broad SMARTS) is 1. The van der Waals surface area contributed by atoms with Crippen molar-refractivity contribution in [2.75, 3.05) is 11.3 Å². The molecule has 0 heterocycles. The molecule has 1 aliphatic rings. The summed E-state index contributed by atoms with van der Waals surface area (Å²) < 4.78 is 59.3. The van der Waals surface area contributed by atoms with E-state index in [4.69, 9.17) is 9.90 Å². The number of hydrogen-bond acceptors (Lipinski definition) is 4. The van der Waals surface area contributed by atoms with E-state index in [-0.39, 0.29) is 10.8 Å².